The number of carbonyl (C=O) groups excluding carboxylic acids is 1. The Balaban J connectivity index is 3.82. The van der Waals surface area contributed by atoms with Crippen LogP contribution in [0.25, 0.3) is 0 Å². The van der Waals surface area contributed by atoms with Gasteiger partial charge in [-0.25, -0.2) is 8.42 Å². The van der Waals surface area contributed by atoms with Gasteiger partial charge in [0.2, 0.25) is 15.9 Å². The quantitative estimate of drug-likeness (QED) is 0.523. The molecule has 0 bridgehead atoms. The van der Waals surface area contributed by atoms with Gasteiger partial charge in [0.15, 0.2) is 0 Å². The lowest BCUT2D eigenvalue weighted by Gasteiger charge is -1.99. The summed E-state index contributed by atoms with van der Waals surface area (Å²) in [6, 6.07) is 0. The highest BCUT2D eigenvalue weighted by Crippen LogP contribution is 1.72. The standard InChI is InChI=1S/C4H10N2O3S/c1-5-3-4(7)6-10(2,8)9/h5H,3H2,1-2H3,(H,6,7). The molecule has 0 radical (unpaired) electrons. The maximum atomic E-state index is 10.5. The normalized spacial score (nSPS) is 11.0. The highest BCUT2D eigenvalue weighted by molar-refractivity contribution is 7.89. The smallest absolute Gasteiger partial charge is 0.247 e. The van der Waals surface area contributed by atoms with E-state index in [1.807, 2.05) is 0 Å². The van der Waals surface area contributed by atoms with E-state index >= 15 is 0 Å². The molecule has 5 nitrogen and oxygen atoms in total. The van der Waals surface area contributed by atoms with Crippen LogP contribution in [0.2, 0.25) is 0 Å². The number of hydrogen-bond donors (Lipinski definition) is 2. The van der Waals surface area contributed by atoms with E-state index in [4.69, 9.17) is 0 Å². The van der Waals surface area contributed by atoms with Crippen LogP contribution in [-0.4, -0.2) is 34.2 Å². The first-order valence-electron chi connectivity index (χ1n) is 2.61. The molecule has 1 amide bonds. The minimum Gasteiger partial charge on any atom is -0.311 e. The average molecular weight is 166 g/mol. The van der Waals surface area contributed by atoms with Gasteiger partial charge in [-0.2, -0.15) is 0 Å². The third-order valence-corrected chi connectivity index (χ3v) is 1.24. The molecule has 0 rings (SSSR count). The van der Waals surface area contributed by atoms with Crippen LogP contribution in [0.4, 0.5) is 0 Å². The van der Waals surface area contributed by atoms with E-state index in [2.05, 4.69) is 5.32 Å². The summed E-state index contributed by atoms with van der Waals surface area (Å²) in [6.07, 6.45) is 0.931. The fraction of sp³-hybridized carbons (Fsp3) is 0.750. The molecule has 0 aliphatic carbocycles. The summed E-state index contributed by atoms with van der Waals surface area (Å²) in [5.74, 6) is -0.551. The fourth-order valence-corrected chi connectivity index (χ4v) is 0.889. The van der Waals surface area contributed by atoms with E-state index < -0.39 is 15.9 Å². The van der Waals surface area contributed by atoms with Gasteiger partial charge in [0.25, 0.3) is 0 Å². The van der Waals surface area contributed by atoms with Crippen molar-refractivity contribution in [3.8, 4) is 0 Å². The zero-order valence-corrected chi connectivity index (χ0v) is 6.66. The predicted octanol–water partition coefficient (Wildman–Crippen LogP) is -1.72. The lowest BCUT2D eigenvalue weighted by Crippen LogP contribution is -2.35. The van der Waals surface area contributed by atoms with Crippen molar-refractivity contribution in [3.63, 3.8) is 0 Å². The van der Waals surface area contributed by atoms with Gasteiger partial charge in [-0.3, -0.25) is 9.52 Å². The predicted molar refractivity (Wildman–Crippen MR) is 36.9 cm³/mol. The first-order chi connectivity index (χ1) is 4.45. The third kappa shape index (κ3) is 5.52. The van der Waals surface area contributed by atoms with Gasteiger partial charge in [0.1, 0.15) is 0 Å². The van der Waals surface area contributed by atoms with Crippen LogP contribution < -0.4 is 10.0 Å². The van der Waals surface area contributed by atoms with Crippen molar-refractivity contribution >= 4 is 15.9 Å². The van der Waals surface area contributed by atoms with Crippen LogP contribution >= 0.6 is 0 Å². The minimum absolute atomic E-state index is 0.00701. The largest absolute Gasteiger partial charge is 0.311 e. The Labute approximate surface area is 59.9 Å². The van der Waals surface area contributed by atoms with Crippen LogP contribution in [0, 0.1) is 0 Å². The summed E-state index contributed by atoms with van der Waals surface area (Å²) in [7, 11) is -1.83. The van der Waals surface area contributed by atoms with Crippen molar-refractivity contribution in [1.82, 2.24) is 10.0 Å². The Kier molecular flexibility index (Phi) is 3.31. The second-order valence-electron chi connectivity index (χ2n) is 1.83. The molecule has 0 spiro atoms. The van der Waals surface area contributed by atoms with Gasteiger partial charge < -0.3 is 5.32 Å². The third-order valence-electron chi connectivity index (χ3n) is 0.637. The Morgan fingerprint density at radius 2 is 2.00 bits per heavy atom. The minimum atomic E-state index is -3.39. The second-order valence-corrected chi connectivity index (χ2v) is 3.58. The van der Waals surface area contributed by atoms with Crippen molar-refractivity contribution in [2.75, 3.05) is 19.8 Å². The van der Waals surface area contributed by atoms with Crippen molar-refractivity contribution in [3.05, 3.63) is 0 Å². The Bertz CT molecular complexity index is 209. The van der Waals surface area contributed by atoms with Crippen LogP contribution in [0.15, 0.2) is 0 Å². The molecule has 0 fully saturated rings. The van der Waals surface area contributed by atoms with Crippen molar-refractivity contribution in [2.24, 2.45) is 0 Å². The molecular weight excluding hydrogens is 156 g/mol. The number of amides is 1. The van der Waals surface area contributed by atoms with E-state index in [0.29, 0.717) is 0 Å². The Morgan fingerprint density at radius 3 is 2.30 bits per heavy atom. The van der Waals surface area contributed by atoms with Gasteiger partial charge in [0, 0.05) is 0 Å². The molecule has 0 aromatic carbocycles. The number of hydrogen-bond acceptors (Lipinski definition) is 4. The molecule has 2 N–H and O–H groups in total. The molecule has 0 heterocycles. The Morgan fingerprint density at radius 1 is 1.50 bits per heavy atom. The number of carbonyl (C=O) groups is 1. The summed E-state index contributed by atoms with van der Waals surface area (Å²) >= 11 is 0. The zero-order chi connectivity index (χ0) is 8.20. The van der Waals surface area contributed by atoms with Crippen LogP contribution in [0.5, 0.6) is 0 Å². The summed E-state index contributed by atoms with van der Waals surface area (Å²) in [6.45, 7) is 0.00701. The second kappa shape index (κ2) is 3.52. The molecule has 0 aliphatic rings. The number of sulfonamides is 1. The molecule has 6 heteroatoms. The van der Waals surface area contributed by atoms with Gasteiger partial charge >= 0.3 is 0 Å². The van der Waals surface area contributed by atoms with Crippen molar-refractivity contribution in [1.29, 1.82) is 0 Å². The molecule has 10 heavy (non-hydrogen) atoms. The number of nitrogens with one attached hydrogen (secondary N) is 2. The molecule has 0 atom stereocenters. The molecule has 60 valence electrons. The van der Waals surface area contributed by atoms with Gasteiger partial charge in [-0.05, 0) is 7.05 Å². The molecule has 0 aliphatic heterocycles. The van der Waals surface area contributed by atoms with Crippen molar-refractivity contribution < 1.29 is 13.2 Å². The fourth-order valence-electron chi connectivity index (χ4n) is 0.403. The van der Waals surface area contributed by atoms with Gasteiger partial charge in [-0.1, -0.05) is 0 Å². The lowest BCUT2D eigenvalue weighted by molar-refractivity contribution is -0.118. The summed E-state index contributed by atoms with van der Waals surface area (Å²) < 4.78 is 22.5. The first kappa shape index (κ1) is 9.38. The van der Waals surface area contributed by atoms with E-state index in [9.17, 15) is 13.2 Å². The average Bonchev–Trinajstić information content (AvgIpc) is 1.59. The zero-order valence-electron chi connectivity index (χ0n) is 5.84. The highest BCUT2D eigenvalue weighted by Gasteiger charge is 2.05. The maximum Gasteiger partial charge on any atom is 0.247 e. The molecule has 0 unspecified atom stereocenters. The molecule has 0 saturated carbocycles. The van der Waals surface area contributed by atoms with E-state index in [0.717, 1.165) is 6.26 Å². The van der Waals surface area contributed by atoms with Gasteiger partial charge in [0.05, 0.1) is 12.8 Å². The van der Waals surface area contributed by atoms with Crippen molar-refractivity contribution in [2.45, 2.75) is 0 Å². The Hall–Kier alpha value is -0.620. The molecule has 0 aromatic heterocycles. The monoisotopic (exact) mass is 166 g/mol. The van der Waals surface area contributed by atoms with E-state index in [-0.39, 0.29) is 6.54 Å². The lowest BCUT2D eigenvalue weighted by atomic mass is 10.6. The summed E-state index contributed by atoms with van der Waals surface area (Å²) in [5, 5.41) is 2.51. The highest BCUT2D eigenvalue weighted by atomic mass is 32.2. The summed E-state index contributed by atoms with van der Waals surface area (Å²) in [4.78, 5) is 10.5. The topological polar surface area (TPSA) is 75.3 Å². The number of rotatable bonds is 3. The van der Waals surface area contributed by atoms with Crippen LogP contribution in [0.1, 0.15) is 0 Å². The SMILES string of the molecule is CNCC(=O)NS(C)(=O)=O. The van der Waals surface area contributed by atoms with Gasteiger partial charge in [-0.15, -0.1) is 0 Å². The first-order valence-corrected chi connectivity index (χ1v) is 4.50. The van der Waals surface area contributed by atoms with E-state index in [1.165, 1.54) is 0 Å². The molecule has 0 saturated heterocycles. The van der Waals surface area contributed by atoms with Crippen LogP contribution in [-0.2, 0) is 14.8 Å². The summed E-state index contributed by atoms with van der Waals surface area (Å²) in [5.41, 5.74) is 0. The maximum absolute atomic E-state index is 10.5. The van der Waals surface area contributed by atoms with Crippen LogP contribution in [0.3, 0.4) is 0 Å². The molecule has 0 aromatic rings. The van der Waals surface area contributed by atoms with E-state index in [1.54, 1.807) is 11.8 Å². The number of likely N-dealkylation sites (N-methyl/N-ethyl adjacent to an activating group) is 1. The molecular formula is C4H10N2O3S.